The van der Waals surface area contributed by atoms with Gasteiger partial charge in [-0.15, -0.1) is 0 Å². The molecular weight excluding hydrogens is 440 g/mol. The first-order valence-corrected chi connectivity index (χ1v) is 10.8. The van der Waals surface area contributed by atoms with Crippen LogP contribution in [0.15, 0.2) is 54.6 Å². The molecule has 2 rings (SSSR count). The summed E-state index contributed by atoms with van der Waals surface area (Å²) in [7, 11) is 0. The van der Waals surface area contributed by atoms with Gasteiger partial charge in [-0.3, -0.25) is 14.4 Å². The van der Waals surface area contributed by atoms with Gasteiger partial charge in [0.2, 0.25) is 17.7 Å². The second-order valence-corrected chi connectivity index (χ2v) is 8.04. The minimum Gasteiger partial charge on any atom is -0.508 e. The van der Waals surface area contributed by atoms with Crippen molar-refractivity contribution in [2.45, 2.75) is 50.9 Å². The molecule has 0 radical (unpaired) electrons. The zero-order valence-electron chi connectivity index (χ0n) is 19.0. The Kier molecular flexibility index (Phi) is 9.57. The molecule has 0 aromatic heterocycles. The molecule has 10 nitrogen and oxygen atoms in total. The first-order valence-electron chi connectivity index (χ1n) is 10.8. The Balaban J connectivity index is 2.18. The van der Waals surface area contributed by atoms with Crippen molar-refractivity contribution < 1.29 is 29.4 Å². The average Bonchev–Trinajstić information content (AvgIpc) is 2.79. The molecule has 0 saturated carbocycles. The molecule has 7 N–H and O–H groups in total. The summed E-state index contributed by atoms with van der Waals surface area (Å²) in [6, 6.07) is 10.7. The van der Waals surface area contributed by atoms with Crippen molar-refractivity contribution in [3.8, 4) is 5.75 Å². The molecule has 0 aliphatic heterocycles. The van der Waals surface area contributed by atoms with Crippen LogP contribution in [-0.2, 0) is 32.0 Å². The number of carboxylic acid groups (broad SMARTS) is 1. The van der Waals surface area contributed by atoms with Crippen molar-refractivity contribution in [3.05, 3.63) is 65.7 Å². The lowest BCUT2D eigenvalue weighted by molar-refractivity contribution is -0.142. The maximum Gasteiger partial charge on any atom is 0.326 e. The van der Waals surface area contributed by atoms with Gasteiger partial charge in [0.1, 0.15) is 23.9 Å². The predicted octanol–water partition coefficient (Wildman–Crippen LogP) is 0.0835. The van der Waals surface area contributed by atoms with Crippen LogP contribution in [-0.4, -0.2) is 58.1 Å². The monoisotopic (exact) mass is 470 g/mol. The van der Waals surface area contributed by atoms with Gasteiger partial charge in [-0.1, -0.05) is 42.5 Å². The molecule has 4 atom stereocenters. The normalized spacial score (nSPS) is 14.2. The van der Waals surface area contributed by atoms with Crippen LogP contribution in [0, 0.1) is 0 Å². The molecule has 2 aromatic rings. The van der Waals surface area contributed by atoms with Crippen LogP contribution >= 0.6 is 0 Å². The smallest absolute Gasteiger partial charge is 0.326 e. The van der Waals surface area contributed by atoms with Crippen molar-refractivity contribution in [1.29, 1.82) is 0 Å². The van der Waals surface area contributed by atoms with Crippen molar-refractivity contribution in [2.24, 2.45) is 5.73 Å². The number of amides is 3. The Morgan fingerprint density at radius 1 is 0.765 bits per heavy atom. The molecule has 4 unspecified atom stereocenters. The van der Waals surface area contributed by atoms with E-state index in [9.17, 15) is 29.4 Å². The van der Waals surface area contributed by atoms with Gasteiger partial charge < -0.3 is 31.9 Å². The molecule has 3 amide bonds. The van der Waals surface area contributed by atoms with Gasteiger partial charge in [0.15, 0.2) is 0 Å². The number of carbonyl (C=O) groups is 4. The fraction of sp³-hybridized carbons (Fsp3) is 0.333. The molecule has 10 heteroatoms. The number of aliphatic carboxylic acids is 1. The van der Waals surface area contributed by atoms with Crippen molar-refractivity contribution in [3.63, 3.8) is 0 Å². The molecule has 2 aromatic carbocycles. The molecule has 34 heavy (non-hydrogen) atoms. The molecule has 0 bridgehead atoms. The fourth-order valence-electron chi connectivity index (χ4n) is 3.11. The van der Waals surface area contributed by atoms with Crippen LogP contribution in [0.1, 0.15) is 25.0 Å². The largest absolute Gasteiger partial charge is 0.508 e. The lowest BCUT2D eigenvalue weighted by atomic mass is 10.0. The first kappa shape index (κ1) is 26.3. The van der Waals surface area contributed by atoms with Gasteiger partial charge in [-0.25, -0.2) is 4.79 Å². The lowest BCUT2D eigenvalue weighted by Crippen LogP contribution is -2.57. The third kappa shape index (κ3) is 8.21. The number of nitrogens with two attached hydrogens (primary N) is 1. The number of carboxylic acids is 1. The van der Waals surface area contributed by atoms with E-state index in [1.165, 1.54) is 26.0 Å². The SMILES string of the molecule is CC(N)C(=O)NC(C)C(=O)NC(Cc1ccc(O)cc1)C(=O)NC(Cc1ccccc1)C(=O)O. The summed E-state index contributed by atoms with van der Waals surface area (Å²) < 4.78 is 0. The summed E-state index contributed by atoms with van der Waals surface area (Å²) in [5, 5.41) is 26.6. The van der Waals surface area contributed by atoms with Gasteiger partial charge in [0, 0.05) is 12.8 Å². The number of hydrogen-bond donors (Lipinski definition) is 6. The number of phenols is 1. The van der Waals surface area contributed by atoms with Crippen molar-refractivity contribution in [2.75, 3.05) is 0 Å². The van der Waals surface area contributed by atoms with Gasteiger partial charge in [-0.2, -0.15) is 0 Å². The third-order valence-corrected chi connectivity index (χ3v) is 5.07. The second kappa shape index (κ2) is 12.4. The van der Waals surface area contributed by atoms with Crippen molar-refractivity contribution >= 4 is 23.7 Å². The van der Waals surface area contributed by atoms with Crippen LogP contribution in [0.4, 0.5) is 0 Å². The highest BCUT2D eigenvalue weighted by molar-refractivity contribution is 5.94. The van der Waals surface area contributed by atoms with Crippen LogP contribution in [0.2, 0.25) is 0 Å². The van der Waals surface area contributed by atoms with Gasteiger partial charge in [-0.05, 0) is 37.1 Å². The fourth-order valence-corrected chi connectivity index (χ4v) is 3.11. The first-order chi connectivity index (χ1) is 16.1. The summed E-state index contributed by atoms with van der Waals surface area (Å²) in [5.74, 6) is -3.05. The number of carbonyl (C=O) groups excluding carboxylic acids is 3. The summed E-state index contributed by atoms with van der Waals surface area (Å²) in [6.07, 6.45) is 0.0894. The van der Waals surface area contributed by atoms with E-state index in [1.807, 2.05) is 0 Å². The van der Waals surface area contributed by atoms with E-state index in [1.54, 1.807) is 42.5 Å². The Hall–Kier alpha value is -3.92. The molecule has 0 saturated heterocycles. The van der Waals surface area contributed by atoms with E-state index in [4.69, 9.17) is 5.73 Å². The Morgan fingerprint density at radius 3 is 1.85 bits per heavy atom. The maximum absolute atomic E-state index is 13.1. The van der Waals surface area contributed by atoms with E-state index >= 15 is 0 Å². The minimum absolute atomic E-state index is 0.0312. The van der Waals surface area contributed by atoms with Gasteiger partial charge >= 0.3 is 5.97 Å². The minimum atomic E-state index is -1.22. The lowest BCUT2D eigenvalue weighted by Gasteiger charge is -2.24. The molecule has 0 aliphatic rings. The van der Waals surface area contributed by atoms with Crippen LogP contribution in [0.3, 0.4) is 0 Å². The van der Waals surface area contributed by atoms with Crippen LogP contribution in [0.25, 0.3) is 0 Å². The number of phenolic OH excluding ortho intramolecular Hbond substituents is 1. The second-order valence-electron chi connectivity index (χ2n) is 8.04. The van der Waals surface area contributed by atoms with Gasteiger partial charge in [0.05, 0.1) is 6.04 Å². The molecule has 182 valence electrons. The highest BCUT2D eigenvalue weighted by atomic mass is 16.4. The summed E-state index contributed by atoms with van der Waals surface area (Å²) in [6.45, 7) is 2.92. The van der Waals surface area contributed by atoms with Gasteiger partial charge in [0.25, 0.3) is 0 Å². The van der Waals surface area contributed by atoms with E-state index in [0.717, 1.165) is 5.56 Å². The van der Waals surface area contributed by atoms with E-state index in [-0.39, 0.29) is 18.6 Å². The van der Waals surface area contributed by atoms with Crippen LogP contribution < -0.4 is 21.7 Å². The van der Waals surface area contributed by atoms with Crippen LogP contribution in [0.5, 0.6) is 5.75 Å². The summed E-state index contributed by atoms with van der Waals surface area (Å²) in [4.78, 5) is 49.3. The third-order valence-electron chi connectivity index (χ3n) is 5.07. The van der Waals surface area contributed by atoms with E-state index < -0.39 is 47.9 Å². The highest BCUT2D eigenvalue weighted by Crippen LogP contribution is 2.12. The quantitative estimate of drug-likeness (QED) is 0.270. The Labute approximate surface area is 197 Å². The van der Waals surface area contributed by atoms with E-state index in [0.29, 0.717) is 5.56 Å². The highest BCUT2D eigenvalue weighted by Gasteiger charge is 2.29. The molecular formula is C24H30N4O6. The Morgan fingerprint density at radius 2 is 1.29 bits per heavy atom. The molecule has 0 heterocycles. The Bertz CT molecular complexity index is 994. The molecule has 0 spiro atoms. The summed E-state index contributed by atoms with van der Waals surface area (Å²) >= 11 is 0. The number of nitrogens with one attached hydrogen (secondary N) is 3. The number of benzene rings is 2. The molecule has 0 fully saturated rings. The van der Waals surface area contributed by atoms with E-state index in [2.05, 4.69) is 16.0 Å². The number of hydrogen-bond acceptors (Lipinski definition) is 6. The number of aromatic hydroxyl groups is 1. The molecule has 0 aliphatic carbocycles. The standard InChI is InChI=1S/C24H30N4O6/c1-14(25)21(30)26-15(2)22(31)27-19(12-17-8-10-18(29)11-9-17)23(32)28-20(24(33)34)13-16-6-4-3-5-7-16/h3-11,14-15,19-20,29H,12-13,25H2,1-2H3,(H,26,30)(H,27,31)(H,28,32)(H,33,34). The zero-order valence-corrected chi connectivity index (χ0v) is 19.0. The van der Waals surface area contributed by atoms with Crippen molar-refractivity contribution in [1.82, 2.24) is 16.0 Å². The summed E-state index contributed by atoms with van der Waals surface area (Å²) in [5.41, 5.74) is 6.86. The average molecular weight is 471 g/mol. The predicted molar refractivity (Wildman–Crippen MR) is 125 cm³/mol. The topological polar surface area (TPSA) is 171 Å². The zero-order chi connectivity index (χ0) is 25.3. The maximum atomic E-state index is 13.1. The number of rotatable bonds is 11.